The van der Waals surface area contributed by atoms with Crippen LogP contribution in [0.25, 0.3) is 10.9 Å². The molecule has 112 valence electrons. The van der Waals surface area contributed by atoms with Gasteiger partial charge in [0.25, 0.3) is 0 Å². The molecule has 0 aliphatic carbocycles. The minimum Gasteiger partial charge on any atom is -0.449 e. The summed E-state index contributed by atoms with van der Waals surface area (Å²) < 4.78 is 32.7. The Hall–Kier alpha value is -2.44. The zero-order valence-corrected chi connectivity index (χ0v) is 11.6. The lowest BCUT2D eigenvalue weighted by Gasteiger charge is -2.26. The van der Waals surface area contributed by atoms with E-state index >= 15 is 0 Å². The highest BCUT2D eigenvalue weighted by Crippen LogP contribution is 2.25. The first-order valence-corrected chi connectivity index (χ1v) is 6.07. The van der Waals surface area contributed by atoms with Crippen molar-refractivity contribution in [2.75, 3.05) is 0 Å². The molecule has 0 saturated carbocycles. The summed E-state index contributed by atoms with van der Waals surface area (Å²) in [6.45, 7) is 5.30. The number of hydrogen-bond donors (Lipinski definition) is 1. The van der Waals surface area contributed by atoms with Gasteiger partial charge in [-0.15, -0.1) is 0 Å². The molecule has 0 atom stereocenters. The summed E-state index contributed by atoms with van der Waals surface area (Å²) in [6, 6.07) is 1.64. The largest absolute Gasteiger partial charge is 0.511 e. The van der Waals surface area contributed by atoms with Gasteiger partial charge in [0.1, 0.15) is 0 Å². The minimum atomic E-state index is -1.66. The van der Waals surface area contributed by atoms with Gasteiger partial charge in [0.05, 0.1) is 17.1 Å². The highest BCUT2D eigenvalue weighted by Gasteiger charge is 2.21. The van der Waals surface area contributed by atoms with Crippen molar-refractivity contribution in [1.29, 1.82) is 0 Å². The van der Waals surface area contributed by atoms with Crippen molar-refractivity contribution in [2.24, 2.45) is 0 Å². The van der Waals surface area contributed by atoms with Crippen LogP contribution in [0.5, 0.6) is 5.75 Å². The van der Waals surface area contributed by atoms with Gasteiger partial charge in [-0.2, -0.15) is 0 Å². The molecule has 1 aromatic carbocycles. The van der Waals surface area contributed by atoms with Crippen LogP contribution < -0.4 is 10.2 Å². The van der Waals surface area contributed by atoms with Crippen molar-refractivity contribution in [3.8, 4) is 5.75 Å². The monoisotopic (exact) mass is 297 g/mol. The number of halogens is 2. The van der Waals surface area contributed by atoms with E-state index in [1.807, 2.05) is 0 Å². The zero-order valence-electron chi connectivity index (χ0n) is 11.6. The summed E-state index contributed by atoms with van der Waals surface area (Å²) in [5.41, 5.74) is -1.26. The molecule has 0 aliphatic rings. The second-order valence-electron chi connectivity index (χ2n) is 5.51. The number of pyridine rings is 1. The zero-order chi connectivity index (χ0) is 15.9. The van der Waals surface area contributed by atoms with Crippen LogP contribution in [0, 0.1) is 11.6 Å². The number of rotatable bonds is 1. The van der Waals surface area contributed by atoms with Crippen molar-refractivity contribution in [2.45, 2.75) is 26.3 Å². The Morgan fingerprint density at radius 3 is 2.33 bits per heavy atom. The number of carboxylic acid groups (broad SMARTS) is 1. The highest BCUT2D eigenvalue weighted by molar-refractivity contribution is 5.81. The third-order valence-electron chi connectivity index (χ3n) is 2.93. The molecular weight excluding hydrogens is 284 g/mol. The lowest BCUT2D eigenvalue weighted by molar-refractivity contribution is 0.143. The number of benzene rings is 1. The van der Waals surface area contributed by atoms with Crippen LogP contribution in [0.1, 0.15) is 20.8 Å². The Morgan fingerprint density at radius 1 is 1.24 bits per heavy atom. The van der Waals surface area contributed by atoms with Gasteiger partial charge in [0.2, 0.25) is 5.43 Å². The van der Waals surface area contributed by atoms with E-state index in [9.17, 15) is 18.4 Å². The van der Waals surface area contributed by atoms with Gasteiger partial charge in [0, 0.05) is 11.6 Å². The lowest BCUT2D eigenvalue weighted by atomic mass is 10.1. The maximum absolute atomic E-state index is 13.4. The molecule has 2 aromatic rings. The molecule has 1 aromatic heterocycles. The number of fused-ring (bicyclic) bond motifs is 1. The van der Waals surface area contributed by atoms with E-state index in [0.29, 0.717) is 0 Å². The van der Waals surface area contributed by atoms with E-state index in [1.165, 1.54) is 10.8 Å². The third-order valence-corrected chi connectivity index (χ3v) is 2.93. The first kappa shape index (κ1) is 15.0. The Labute approximate surface area is 118 Å². The quantitative estimate of drug-likeness (QED) is 0.821. The summed E-state index contributed by atoms with van der Waals surface area (Å²) in [5, 5.41) is 8.50. The standard InChI is InChI=1S/C14H13F2NO4/c1-14(2,3)17-6-11(21-13(19)20)12(18)7-4-8(15)9(16)5-10(7)17/h4-6H,1-3H3,(H,19,20). The average molecular weight is 297 g/mol. The first-order chi connectivity index (χ1) is 9.61. The molecule has 5 nitrogen and oxygen atoms in total. The summed E-state index contributed by atoms with van der Waals surface area (Å²) in [7, 11) is 0. The molecule has 0 fully saturated rings. The fourth-order valence-electron chi connectivity index (χ4n) is 2.02. The molecule has 7 heteroatoms. The van der Waals surface area contributed by atoms with Gasteiger partial charge < -0.3 is 14.4 Å². The van der Waals surface area contributed by atoms with Crippen LogP contribution in [-0.2, 0) is 5.54 Å². The van der Waals surface area contributed by atoms with Crippen molar-refractivity contribution in [3.63, 3.8) is 0 Å². The second kappa shape index (κ2) is 4.83. The van der Waals surface area contributed by atoms with Crippen LogP contribution in [-0.4, -0.2) is 15.8 Å². The highest BCUT2D eigenvalue weighted by atomic mass is 19.2. The average Bonchev–Trinajstić information content (AvgIpc) is 2.33. The molecule has 0 saturated heterocycles. The lowest BCUT2D eigenvalue weighted by Crippen LogP contribution is -2.26. The number of ether oxygens (including phenoxy) is 1. The van der Waals surface area contributed by atoms with E-state index in [-0.39, 0.29) is 10.9 Å². The Balaban J connectivity index is 2.93. The molecule has 0 aliphatic heterocycles. The molecule has 0 radical (unpaired) electrons. The van der Waals surface area contributed by atoms with Crippen LogP contribution in [0.2, 0.25) is 0 Å². The Kier molecular flexibility index (Phi) is 3.44. The smallest absolute Gasteiger partial charge is 0.449 e. The van der Waals surface area contributed by atoms with E-state index < -0.39 is 34.5 Å². The van der Waals surface area contributed by atoms with Gasteiger partial charge in [0.15, 0.2) is 17.4 Å². The van der Waals surface area contributed by atoms with Crippen LogP contribution in [0.3, 0.4) is 0 Å². The fourth-order valence-corrected chi connectivity index (χ4v) is 2.02. The predicted molar refractivity (Wildman–Crippen MR) is 71.8 cm³/mol. The van der Waals surface area contributed by atoms with Crippen molar-refractivity contribution in [3.05, 3.63) is 40.2 Å². The number of nitrogens with zero attached hydrogens (tertiary/aromatic N) is 1. The molecule has 1 heterocycles. The molecule has 0 bridgehead atoms. The predicted octanol–water partition coefficient (Wildman–Crippen LogP) is 3.09. The van der Waals surface area contributed by atoms with Gasteiger partial charge in [-0.1, -0.05) is 0 Å². The van der Waals surface area contributed by atoms with Crippen LogP contribution in [0.15, 0.2) is 23.1 Å². The van der Waals surface area contributed by atoms with E-state index in [1.54, 1.807) is 20.8 Å². The summed E-state index contributed by atoms with van der Waals surface area (Å²) in [6.07, 6.45) is -0.481. The third kappa shape index (κ3) is 2.72. The minimum absolute atomic E-state index is 0.150. The number of carbonyl (C=O) groups is 1. The molecular formula is C14H13F2NO4. The van der Waals surface area contributed by atoms with Gasteiger partial charge in [-0.05, 0) is 26.8 Å². The van der Waals surface area contributed by atoms with Crippen LogP contribution >= 0.6 is 0 Å². The maximum Gasteiger partial charge on any atom is 0.511 e. The van der Waals surface area contributed by atoms with E-state index in [0.717, 1.165) is 12.1 Å². The molecule has 1 N–H and O–H groups in total. The molecule has 0 amide bonds. The topological polar surface area (TPSA) is 68.5 Å². The normalized spacial score (nSPS) is 11.7. The fraction of sp³-hybridized carbons (Fsp3) is 0.286. The van der Waals surface area contributed by atoms with Gasteiger partial charge >= 0.3 is 6.16 Å². The first-order valence-electron chi connectivity index (χ1n) is 6.07. The Morgan fingerprint density at radius 2 is 1.81 bits per heavy atom. The summed E-state index contributed by atoms with van der Waals surface area (Å²) in [4.78, 5) is 22.8. The summed E-state index contributed by atoms with van der Waals surface area (Å²) >= 11 is 0. The Bertz CT molecular complexity index is 790. The van der Waals surface area contributed by atoms with Crippen molar-refractivity contribution in [1.82, 2.24) is 4.57 Å². The van der Waals surface area contributed by atoms with E-state index in [4.69, 9.17) is 5.11 Å². The molecule has 0 unspecified atom stereocenters. The summed E-state index contributed by atoms with van der Waals surface area (Å²) in [5.74, 6) is -2.74. The van der Waals surface area contributed by atoms with E-state index in [2.05, 4.69) is 4.74 Å². The van der Waals surface area contributed by atoms with Crippen molar-refractivity contribution >= 4 is 17.1 Å². The van der Waals surface area contributed by atoms with Crippen LogP contribution in [0.4, 0.5) is 13.6 Å². The SMILES string of the molecule is CC(C)(C)n1cc(OC(=O)O)c(=O)c2cc(F)c(F)cc21. The molecule has 2 rings (SSSR count). The number of hydrogen-bond acceptors (Lipinski definition) is 3. The van der Waals surface area contributed by atoms with Crippen molar-refractivity contribution < 1.29 is 23.4 Å². The number of aromatic nitrogens is 1. The second-order valence-corrected chi connectivity index (χ2v) is 5.51. The molecule has 21 heavy (non-hydrogen) atoms. The maximum atomic E-state index is 13.4. The van der Waals surface area contributed by atoms with Gasteiger partial charge in [-0.3, -0.25) is 4.79 Å². The van der Waals surface area contributed by atoms with Gasteiger partial charge in [-0.25, -0.2) is 13.6 Å². The molecule has 0 spiro atoms.